The molecule has 0 aliphatic carbocycles. The van der Waals surface area contributed by atoms with Gasteiger partial charge in [0.05, 0.1) is 6.04 Å². The molecule has 1 aromatic rings. The third-order valence-corrected chi connectivity index (χ3v) is 4.07. The molecule has 1 amide bonds. The zero-order valence-corrected chi connectivity index (χ0v) is 16.6. The van der Waals surface area contributed by atoms with Gasteiger partial charge in [0, 0.05) is 24.1 Å². The molecule has 0 unspecified atom stereocenters. The minimum atomic E-state index is -0.175. The first-order valence-corrected chi connectivity index (χ1v) is 9.37. The van der Waals surface area contributed by atoms with Crippen molar-refractivity contribution in [1.29, 1.82) is 0 Å². The van der Waals surface area contributed by atoms with Crippen molar-refractivity contribution in [2.24, 2.45) is 11.8 Å². The van der Waals surface area contributed by atoms with E-state index in [0.717, 1.165) is 17.7 Å². The van der Waals surface area contributed by atoms with Crippen molar-refractivity contribution in [3.63, 3.8) is 0 Å². The summed E-state index contributed by atoms with van der Waals surface area (Å²) in [4.78, 5) is 24.3. The van der Waals surface area contributed by atoms with E-state index >= 15 is 0 Å². The zero-order valence-electron chi connectivity index (χ0n) is 16.6. The highest BCUT2D eigenvalue weighted by Crippen LogP contribution is 2.14. The topological polar surface area (TPSA) is 58.2 Å². The Morgan fingerprint density at radius 2 is 1.56 bits per heavy atom. The zero-order chi connectivity index (χ0) is 19.0. The quantitative estimate of drug-likeness (QED) is 0.668. The summed E-state index contributed by atoms with van der Waals surface area (Å²) in [5.74, 6) is 0.823. The molecular formula is C21H34N2O2. The lowest BCUT2D eigenvalue weighted by Gasteiger charge is -2.22. The maximum absolute atomic E-state index is 12.4. The summed E-state index contributed by atoms with van der Waals surface area (Å²) in [6.07, 6.45) is 2.10. The number of Topliss-reactive ketones (excluding diaryl/α,β-unsaturated/α-hetero) is 1. The van der Waals surface area contributed by atoms with Gasteiger partial charge in [0.15, 0.2) is 5.78 Å². The standard InChI is InChI=1S/C21H34N2O2/c1-14(2)7-12-20(24)23-18-10-8-17(9-11-18)13-19(22-16(5)6)21(25)15(3)4/h8-11,14-16,19,22H,7,12-13H2,1-6H3,(H,23,24)/t19-/m0/s1. The Morgan fingerprint density at radius 3 is 2.04 bits per heavy atom. The normalized spacial score (nSPS) is 12.7. The van der Waals surface area contributed by atoms with Crippen LogP contribution in [0.25, 0.3) is 0 Å². The van der Waals surface area contributed by atoms with Crippen molar-refractivity contribution >= 4 is 17.4 Å². The van der Waals surface area contributed by atoms with Gasteiger partial charge < -0.3 is 10.6 Å². The van der Waals surface area contributed by atoms with Crippen LogP contribution in [-0.4, -0.2) is 23.8 Å². The fourth-order valence-corrected chi connectivity index (χ4v) is 2.65. The minimum absolute atomic E-state index is 0.00997. The van der Waals surface area contributed by atoms with E-state index < -0.39 is 0 Å². The lowest BCUT2D eigenvalue weighted by atomic mass is 9.95. The minimum Gasteiger partial charge on any atom is -0.326 e. The number of benzene rings is 1. The van der Waals surface area contributed by atoms with E-state index in [9.17, 15) is 9.59 Å². The molecule has 4 heteroatoms. The van der Waals surface area contributed by atoms with E-state index in [1.165, 1.54) is 0 Å². The van der Waals surface area contributed by atoms with Crippen LogP contribution in [0.5, 0.6) is 0 Å². The maximum atomic E-state index is 12.4. The molecule has 140 valence electrons. The first-order chi connectivity index (χ1) is 11.7. The number of nitrogens with one attached hydrogen (secondary N) is 2. The highest BCUT2D eigenvalue weighted by Gasteiger charge is 2.22. The first kappa shape index (κ1) is 21.4. The molecule has 4 nitrogen and oxygen atoms in total. The molecule has 0 spiro atoms. The molecule has 2 N–H and O–H groups in total. The van der Waals surface area contributed by atoms with Crippen molar-refractivity contribution < 1.29 is 9.59 Å². The van der Waals surface area contributed by atoms with Gasteiger partial charge in [-0.1, -0.05) is 53.7 Å². The van der Waals surface area contributed by atoms with Gasteiger partial charge in [-0.05, 0) is 36.5 Å². The van der Waals surface area contributed by atoms with Crippen molar-refractivity contribution in [1.82, 2.24) is 5.32 Å². The number of carbonyl (C=O) groups excluding carboxylic acids is 2. The van der Waals surface area contributed by atoms with Crippen molar-refractivity contribution in [3.8, 4) is 0 Å². The summed E-state index contributed by atoms with van der Waals surface area (Å²) < 4.78 is 0. The van der Waals surface area contributed by atoms with Gasteiger partial charge in [-0.3, -0.25) is 9.59 Å². The third kappa shape index (κ3) is 8.30. The van der Waals surface area contributed by atoms with Crippen LogP contribution in [0, 0.1) is 11.8 Å². The largest absolute Gasteiger partial charge is 0.326 e. The molecule has 1 aromatic carbocycles. The predicted molar refractivity (Wildman–Crippen MR) is 105 cm³/mol. The summed E-state index contributed by atoms with van der Waals surface area (Å²) in [5, 5.41) is 6.29. The number of amides is 1. The summed E-state index contributed by atoms with van der Waals surface area (Å²) in [7, 11) is 0. The number of anilines is 1. The van der Waals surface area contributed by atoms with Crippen molar-refractivity contribution in [2.75, 3.05) is 5.32 Å². The molecule has 0 bridgehead atoms. The summed E-state index contributed by atoms with van der Waals surface area (Å²) in [6.45, 7) is 12.2. The van der Waals surface area contributed by atoms with Gasteiger partial charge in [0.2, 0.25) is 5.91 Å². The molecule has 0 saturated carbocycles. The van der Waals surface area contributed by atoms with Crippen LogP contribution in [0.15, 0.2) is 24.3 Å². The molecule has 0 aliphatic rings. The molecule has 0 fully saturated rings. The number of ketones is 1. The number of carbonyl (C=O) groups is 2. The fraction of sp³-hybridized carbons (Fsp3) is 0.619. The van der Waals surface area contributed by atoms with Gasteiger partial charge in [-0.25, -0.2) is 0 Å². The SMILES string of the molecule is CC(C)CCC(=O)Nc1ccc(C[C@H](NC(C)C)C(=O)C(C)C)cc1. The number of hydrogen-bond acceptors (Lipinski definition) is 3. The number of hydrogen-bond donors (Lipinski definition) is 2. The van der Waals surface area contributed by atoms with Crippen LogP contribution in [0.4, 0.5) is 5.69 Å². The molecular weight excluding hydrogens is 312 g/mol. The second-order valence-electron chi connectivity index (χ2n) is 7.81. The van der Waals surface area contributed by atoms with Crippen molar-refractivity contribution in [2.45, 2.75) is 72.9 Å². The Hall–Kier alpha value is -1.68. The smallest absolute Gasteiger partial charge is 0.224 e. The van der Waals surface area contributed by atoms with E-state index in [-0.39, 0.29) is 29.7 Å². The van der Waals surface area contributed by atoms with E-state index in [2.05, 4.69) is 38.3 Å². The Labute approximate surface area is 152 Å². The molecule has 25 heavy (non-hydrogen) atoms. The van der Waals surface area contributed by atoms with Gasteiger partial charge in [0.1, 0.15) is 0 Å². The van der Waals surface area contributed by atoms with Crippen LogP contribution in [0.2, 0.25) is 0 Å². The van der Waals surface area contributed by atoms with Gasteiger partial charge in [-0.2, -0.15) is 0 Å². The second kappa shape index (κ2) is 10.3. The average molecular weight is 347 g/mol. The molecule has 0 heterocycles. The fourth-order valence-electron chi connectivity index (χ4n) is 2.65. The molecule has 0 aromatic heterocycles. The van der Waals surface area contributed by atoms with Crippen LogP contribution in [0.3, 0.4) is 0 Å². The van der Waals surface area contributed by atoms with Crippen molar-refractivity contribution in [3.05, 3.63) is 29.8 Å². The molecule has 1 atom stereocenters. The van der Waals surface area contributed by atoms with Gasteiger partial charge in [0.25, 0.3) is 0 Å². The summed E-state index contributed by atoms with van der Waals surface area (Å²) >= 11 is 0. The number of rotatable bonds is 10. The molecule has 0 saturated heterocycles. The lowest BCUT2D eigenvalue weighted by molar-refractivity contribution is -0.124. The van der Waals surface area contributed by atoms with E-state index in [1.54, 1.807) is 0 Å². The average Bonchev–Trinajstić information content (AvgIpc) is 2.52. The molecule has 1 rings (SSSR count). The summed E-state index contributed by atoms with van der Waals surface area (Å²) in [5.41, 5.74) is 1.90. The van der Waals surface area contributed by atoms with Crippen LogP contribution >= 0.6 is 0 Å². The van der Waals surface area contributed by atoms with Crippen LogP contribution in [-0.2, 0) is 16.0 Å². The van der Waals surface area contributed by atoms with E-state index in [1.807, 2.05) is 38.1 Å². The van der Waals surface area contributed by atoms with Crippen LogP contribution < -0.4 is 10.6 Å². The first-order valence-electron chi connectivity index (χ1n) is 9.37. The van der Waals surface area contributed by atoms with Crippen LogP contribution in [0.1, 0.15) is 59.9 Å². The van der Waals surface area contributed by atoms with Gasteiger partial charge in [-0.15, -0.1) is 0 Å². The Balaban J connectivity index is 2.67. The third-order valence-electron chi connectivity index (χ3n) is 4.07. The van der Waals surface area contributed by atoms with E-state index in [4.69, 9.17) is 0 Å². The molecule has 0 aliphatic heterocycles. The van der Waals surface area contributed by atoms with Gasteiger partial charge >= 0.3 is 0 Å². The monoisotopic (exact) mass is 346 g/mol. The predicted octanol–water partition coefficient (Wildman–Crippen LogP) is 4.20. The second-order valence-corrected chi connectivity index (χ2v) is 7.81. The lowest BCUT2D eigenvalue weighted by Crippen LogP contribution is -2.44. The Kier molecular flexibility index (Phi) is 8.84. The molecule has 0 radical (unpaired) electrons. The highest BCUT2D eigenvalue weighted by molar-refractivity contribution is 5.90. The Bertz CT molecular complexity index is 548. The highest BCUT2D eigenvalue weighted by atomic mass is 16.1. The summed E-state index contributed by atoms with van der Waals surface area (Å²) in [6, 6.07) is 7.88. The Morgan fingerprint density at radius 1 is 0.960 bits per heavy atom. The van der Waals surface area contributed by atoms with E-state index in [0.29, 0.717) is 18.8 Å². The maximum Gasteiger partial charge on any atom is 0.224 e.